The molecule has 0 aromatic heterocycles. The average Bonchev–Trinajstić information content (AvgIpc) is 3.19. The van der Waals surface area contributed by atoms with E-state index in [-0.39, 0.29) is 31.3 Å². The Morgan fingerprint density at radius 1 is 1.09 bits per heavy atom. The van der Waals surface area contributed by atoms with Crippen LogP contribution >= 0.6 is 49.1 Å². The summed E-state index contributed by atoms with van der Waals surface area (Å²) in [6.07, 6.45) is 1.15. The molecule has 2 atom stereocenters. The van der Waals surface area contributed by atoms with Crippen LogP contribution in [0.15, 0.2) is 48.5 Å². The highest BCUT2D eigenvalue weighted by Gasteiger charge is 2.55. The van der Waals surface area contributed by atoms with Crippen LogP contribution in [0.2, 0.25) is 10.0 Å². The highest BCUT2D eigenvalue weighted by Crippen LogP contribution is 2.60. The third-order valence-corrected chi connectivity index (χ3v) is 5.00. The fraction of sp³-hybridized carbons (Fsp3) is 0.294. The van der Waals surface area contributed by atoms with Crippen molar-refractivity contribution in [2.24, 2.45) is 0 Å². The minimum Gasteiger partial charge on any atom is -0.319 e. The lowest BCUT2D eigenvalue weighted by molar-refractivity contribution is 0.605. The lowest BCUT2D eigenvalue weighted by Crippen LogP contribution is -2.25. The van der Waals surface area contributed by atoms with E-state index in [0.717, 1.165) is 13.0 Å². The zero-order chi connectivity index (χ0) is 14.2. The van der Waals surface area contributed by atoms with Crippen LogP contribution in [0.1, 0.15) is 23.5 Å². The van der Waals surface area contributed by atoms with E-state index in [2.05, 4.69) is 41.7 Å². The maximum Gasteiger partial charge on any atom is 0.0595 e. The van der Waals surface area contributed by atoms with Crippen LogP contribution in [0.3, 0.4) is 0 Å². The molecule has 1 unspecified atom stereocenters. The Morgan fingerprint density at radius 2 is 1.77 bits per heavy atom. The van der Waals surface area contributed by atoms with Crippen LogP contribution in [0.5, 0.6) is 0 Å². The molecule has 2 aromatic rings. The number of hydrogen-bond acceptors (Lipinski definition) is 1. The summed E-state index contributed by atoms with van der Waals surface area (Å²) in [6, 6.07) is 16.7. The van der Waals surface area contributed by atoms with Gasteiger partial charge in [-0.3, -0.25) is 0 Å². The molecule has 2 aromatic carbocycles. The molecule has 0 amide bonds. The Hall–Kier alpha value is -0.380. The molecule has 1 aliphatic carbocycles. The second-order valence-corrected chi connectivity index (χ2v) is 6.30. The van der Waals surface area contributed by atoms with Crippen molar-refractivity contribution in [2.45, 2.75) is 17.8 Å². The zero-order valence-corrected chi connectivity index (χ0v) is 15.6. The van der Waals surface area contributed by atoms with Gasteiger partial charge in [-0.25, -0.2) is 0 Å². The summed E-state index contributed by atoms with van der Waals surface area (Å²) in [5, 5.41) is 4.60. The Morgan fingerprint density at radius 3 is 2.36 bits per heavy atom. The van der Waals surface area contributed by atoms with E-state index >= 15 is 0 Å². The minimum absolute atomic E-state index is 0. The van der Waals surface area contributed by atoms with Crippen LogP contribution in [-0.4, -0.2) is 13.6 Å². The first-order valence-electron chi connectivity index (χ1n) is 6.82. The van der Waals surface area contributed by atoms with Gasteiger partial charge in [0.25, 0.3) is 0 Å². The van der Waals surface area contributed by atoms with E-state index in [1.54, 1.807) is 0 Å². The van der Waals surface area contributed by atoms with E-state index in [9.17, 15) is 0 Å². The third kappa shape index (κ3) is 3.58. The van der Waals surface area contributed by atoms with Gasteiger partial charge >= 0.3 is 0 Å². The molecule has 0 radical (unpaired) electrons. The molecule has 1 nitrogen and oxygen atoms in total. The van der Waals surface area contributed by atoms with Gasteiger partial charge in [-0.05, 0) is 42.6 Å². The first kappa shape index (κ1) is 19.7. The lowest BCUT2D eigenvalue weighted by atomic mass is 9.90. The standard InChI is InChI=1S/C17H17Cl2N.ClH.H2S/c1-20-11-17(13-5-3-2-4-6-13)10-14(17)12-7-8-15(18)16(19)9-12;;/h2-9,14,20H,10-11H2,1H3;1H;1H2/t14?,17-;;/m0../s1. The molecule has 3 rings (SSSR count). The quantitative estimate of drug-likeness (QED) is 0.776. The second kappa shape index (κ2) is 7.94. The fourth-order valence-electron chi connectivity index (χ4n) is 3.17. The highest BCUT2D eigenvalue weighted by molar-refractivity contribution is 7.59. The van der Waals surface area contributed by atoms with Gasteiger partial charge in [-0.15, -0.1) is 12.4 Å². The summed E-state index contributed by atoms with van der Waals surface area (Å²) in [5.41, 5.74) is 2.86. The van der Waals surface area contributed by atoms with Gasteiger partial charge < -0.3 is 5.32 Å². The molecule has 0 bridgehead atoms. The predicted octanol–water partition coefficient (Wildman–Crippen LogP) is 5.17. The molecule has 5 heteroatoms. The summed E-state index contributed by atoms with van der Waals surface area (Å²) < 4.78 is 0. The maximum atomic E-state index is 6.15. The predicted molar refractivity (Wildman–Crippen MR) is 103 cm³/mol. The number of likely N-dealkylation sites (N-methyl/N-ethyl adjacent to an activating group) is 1. The number of hydrogen-bond donors (Lipinski definition) is 1. The van der Waals surface area contributed by atoms with Crippen LogP contribution in [0.4, 0.5) is 0 Å². The molecule has 0 saturated heterocycles. The number of rotatable bonds is 4. The van der Waals surface area contributed by atoms with E-state index in [0.29, 0.717) is 16.0 Å². The van der Waals surface area contributed by atoms with Crippen molar-refractivity contribution in [3.63, 3.8) is 0 Å². The van der Waals surface area contributed by atoms with E-state index in [4.69, 9.17) is 23.2 Å². The molecule has 0 spiro atoms. The normalized spacial score (nSPS) is 22.4. The molecule has 1 fully saturated rings. The number of benzene rings is 2. The SMILES string of the molecule is CNC[C@]1(c2ccccc2)CC1c1ccc(Cl)c(Cl)c1.Cl.S. The molecule has 22 heavy (non-hydrogen) atoms. The van der Waals surface area contributed by atoms with E-state index in [1.165, 1.54) is 11.1 Å². The van der Waals surface area contributed by atoms with Crippen molar-refractivity contribution in [1.82, 2.24) is 5.32 Å². The topological polar surface area (TPSA) is 12.0 Å². The van der Waals surface area contributed by atoms with E-state index in [1.807, 2.05) is 19.2 Å². The molecule has 1 aliphatic rings. The average molecular weight is 377 g/mol. The zero-order valence-electron chi connectivity index (χ0n) is 12.3. The number of nitrogens with one attached hydrogen (secondary N) is 1. The fourth-order valence-corrected chi connectivity index (χ4v) is 3.48. The van der Waals surface area contributed by atoms with Gasteiger partial charge in [0.2, 0.25) is 0 Å². The smallest absolute Gasteiger partial charge is 0.0595 e. The third-order valence-electron chi connectivity index (χ3n) is 4.26. The van der Waals surface area contributed by atoms with Crippen LogP contribution < -0.4 is 5.32 Å². The second-order valence-electron chi connectivity index (χ2n) is 5.48. The maximum absolute atomic E-state index is 6.15. The van der Waals surface area contributed by atoms with Crippen LogP contribution in [0, 0.1) is 0 Å². The summed E-state index contributed by atoms with van der Waals surface area (Å²) in [6.45, 7) is 0.974. The Labute approximate surface area is 155 Å². The molecule has 1 saturated carbocycles. The van der Waals surface area contributed by atoms with Crippen molar-refractivity contribution in [1.29, 1.82) is 0 Å². The first-order valence-corrected chi connectivity index (χ1v) is 7.58. The Kier molecular flexibility index (Phi) is 7.10. The largest absolute Gasteiger partial charge is 0.319 e. The van der Waals surface area contributed by atoms with Gasteiger partial charge in [-0.2, -0.15) is 13.5 Å². The summed E-state index contributed by atoms with van der Waals surface area (Å²) in [7, 11) is 2.01. The lowest BCUT2D eigenvalue weighted by Gasteiger charge is -2.18. The summed E-state index contributed by atoms with van der Waals surface area (Å²) >= 11 is 12.2. The first-order chi connectivity index (χ1) is 9.67. The molecule has 120 valence electrons. The summed E-state index contributed by atoms with van der Waals surface area (Å²) in [4.78, 5) is 0. The monoisotopic (exact) mass is 375 g/mol. The van der Waals surface area contributed by atoms with Crippen LogP contribution in [0.25, 0.3) is 0 Å². The number of halogens is 3. The van der Waals surface area contributed by atoms with Gasteiger partial charge in [0, 0.05) is 12.0 Å². The van der Waals surface area contributed by atoms with Crippen molar-refractivity contribution >= 4 is 49.1 Å². The van der Waals surface area contributed by atoms with Crippen molar-refractivity contribution in [3.05, 3.63) is 69.7 Å². The molecular weight excluding hydrogens is 357 g/mol. The molecular formula is C17H20Cl3NS. The van der Waals surface area contributed by atoms with Crippen molar-refractivity contribution in [3.8, 4) is 0 Å². The highest BCUT2D eigenvalue weighted by atomic mass is 35.5. The van der Waals surface area contributed by atoms with Crippen molar-refractivity contribution in [2.75, 3.05) is 13.6 Å². The van der Waals surface area contributed by atoms with Gasteiger partial charge in [0.15, 0.2) is 0 Å². The molecule has 0 aliphatic heterocycles. The molecule has 0 heterocycles. The Bertz CT molecular complexity index is 621. The Balaban J connectivity index is 0.00000121. The van der Waals surface area contributed by atoms with E-state index < -0.39 is 0 Å². The minimum atomic E-state index is 0. The van der Waals surface area contributed by atoms with Crippen LogP contribution in [-0.2, 0) is 5.41 Å². The van der Waals surface area contributed by atoms with Crippen molar-refractivity contribution < 1.29 is 0 Å². The summed E-state index contributed by atoms with van der Waals surface area (Å²) in [5.74, 6) is 0.507. The van der Waals surface area contributed by atoms with Gasteiger partial charge in [0.05, 0.1) is 10.0 Å². The molecule has 1 N–H and O–H groups in total. The van der Waals surface area contributed by atoms with Gasteiger partial charge in [-0.1, -0.05) is 59.6 Å². The van der Waals surface area contributed by atoms with Gasteiger partial charge in [0.1, 0.15) is 0 Å².